The van der Waals surface area contributed by atoms with Crippen molar-refractivity contribution in [2.24, 2.45) is 0 Å². The average Bonchev–Trinajstić information content (AvgIpc) is 3.46. The van der Waals surface area contributed by atoms with E-state index in [0.717, 1.165) is 60.1 Å². The second-order valence-electron chi connectivity index (χ2n) is 8.39. The summed E-state index contributed by atoms with van der Waals surface area (Å²) in [4.78, 5) is 30.9. The fourth-order valence-electron chi connectivity index (χ4n) is 4.88. The summed E-state index contributed by atoms with van der Waals surface area (Å²) in [5, 5.41) is 4.90. The fourth-order valence-corrected chi connectivity index (χ4v) is 5.94. The Morgan fingerprint density at radius 3 is 2.97 bits per heavy atom. The second kappa shape index (κ2) is 7.57. The molecule has 2 aliphatic carbocycles. The van der Waals surface area contributed by atoms with Gasteiger partial charge in [-0.2, -0.15) is 0 Å². The van der Waals surface area contributed by atoms with Crippen LogP contribution in [0, 0.1) is 0 Å². The van der Waals surface area contributed by atoms with Crippen molar-refractivity contribution < 1.29 is 4.79 Å². The molecule has 3 heterocycles. The molecular weight excluding hydrogens is 406 g/mol. The second-order valence-corrected chi connectivity index (χ2v) is 9.47. The van der Waals surface area contributed by atoms with Gasteiger partial charge < -0.3 is 10.3 Å². The number of carbonyl (C=O) groups is 1. The van der Waals surface area contributed by atoms with Gasteiger partial charge in [-0.3, -0.25) is 4.79 Å². The number of nitrogens with one attached hydrogen (secondary N) is 2. The van der Waals surface area contributed by atoms with Crippen LogP contribution in [0.3, 0.4) is 0 Å². The van der Waals surface area contributed by atoms with E-state index in [-0.39, 0.29) is 11.9 Å². The van der Waals surface area contributed by atoms with Gasteiger partial charge in [0.05, 0.1) is 17.4 Å². The number of fused-ring (bicyclic) bond motifs is 3. The number of aromatic nitrogens is 4. The normalized spacial score (nSPS) is 17.9. The van der Waals surface area contributed by atoms with Crippen LogP contribution in [0.1, 0.15) is 63.2 Å². The number of amides is 1. The lowest BCUT2D eigenvalue weighted by molar-refractivity contribution is 0.0932. The molecule has 0 spiro atoms. The maximum absolute atomic E-state index is 13.0. The van der Waals surface area contributed by atoms with Crippen LogP contribution >= 0.6 is 11.3 Å². The number of thiazole rings is 1. The van der Waals surface area contributed by atoms with E-state index in [9.17, 15) is 4.79 Å². The van der Waals surface area contributed by atoms with Crippen LogP contribution in [0.2, 0.25) is 0 Å². The van der Waals surface area contributed by atoms with Crippen molar-refractivity contribution in [3.63, 3.8) is 0 Å². The Hall–Kier alpha value is -3.06. The van der Waals surface area contributed by atoms with Gasteiger partial charge in [-0.25, -0.2) is 15.0 Å². The molecule has 1 atom stereocenters. The first-order chi connectivity index (χ1) is 15.3. The lowest BCUT2D eigenvalue weighted by atomic mass is 9.86. The van der Waals surface area contributed by atoms with Gasteiger partial charge in [0, 0.05) is 22.0 Å². The van der Waals surface area contributed by atoms with Gasteiger partial charge in [0.25, 0.3) is 5.91 Å². The molecule has 2 aliphatic rings. The SMILES string of the molecule is O=C(NC1CCCc2cc(-c3ncnc4[nH]ccc34)ccc21)c1nc2c(s1)CCCC2. The van der Waals surface area contributed by atoms with Crippen molar-refractivity contribution in [1.82, 2.24) is 25.3 Å². The smallest absolute Gasteiger partial charge is 0.280 e. The zero-order chi connectivity index (χ0) is 20.8. The monoisotopic (exact) mass is 429 g/mol. The Morgan fingerprint density at radius 1 is 1.10 bits per heavy atom. The highest BCUT2D eigenvalue weighted by molar-refractivity contribution is 7.13. The molecule has 1 unspecified atom stereocenters. The number of hydrogen-bond acceptors (Lipinski definition) is 5. The van der Waals surface area contributed by atoms with E-state index in [4.69, 9.17) is 0 Å². The number of aromatic amines is 1. The van der Waals surface area contributed by atoms with E-state index in [1.54, 1.807) is 17.7 Å². The van der Waals surface area contributed by atoms with Crippen molar-refractivity contribution >= 4 is 28.3 Å². The summed E-state index contributed by atoms with van der Waals surface area (Å²) >= 11 is 1.57. The van der Waals surface area contributed by atoms with Crippen molar-refractivity contribution in [2.75, 3.05) is 0 Å². The quantitative estimate of drug-likeness (QED) is 0.491. The Balaban J connectivity index is 1.28. The molecule has 0 bridgehead atoms. The van der Waals surface area contributed by atoms with E-state index in [2.05, 4.69) is 43.5 Å². The molecule has 7 heteroatoms. The standard InChI is InChI=1S/C24H23N5OS/c30-23(24-29-19-5-1-2-7-20(19)31-24)28-18-6-3-4-14-12-15(8-9-16(14)18)21-17-10-11-25-22(17)27-13-26-21/h8-13,18H,1-7H2,(H,28,30)(H,25,26,27). The van der Waals surface area contributed by atoms with E-state index in [1.165, 1.54) is 28.8 Å². The molecule has 1 aromatic carbocycles. The minimum Gasteiger partial charge on any atom is -0.346 e. The number of nitrogens with zero attached hydrogens (tertiary/aromatic N) is 3. The van der Waals surface area contributed by atoms with Crippen LogP contribution in [-0.4, -0.2) is 25.8 Å². The summed E-state index contributed by atoms with van der Waals surface area (Å²) in [6.45, 7) is 0. The molecule has 2 N–H and O–H groups in total. The van der Waals surface area contributed by atoms with Gasteiger partial charge in [-0.15, -0.1) is 11.3 Å². The molecule has 1 amide bonds. The number of aryl methyl sites for hydroxylation is 3. The summed E-state index contributed by atoms with van der Waals surface area (Å²) in [5.41, 5.74) is 6.51. The summed E-state index contributed by atoms with van der Waals surface area (Å²) < 4.78 is 0. The Morgan fingerprint density at radius 2 is 2.03 bits per heavy atom. The van der Waals surface area contributed by atoms with Crippen LogP contribution in [-0.2, 0) is 19.3 Å². The number of hydrogen-bond donors (Lipinski definition) is 2. The van der Waals surface area contributed by atoms with Gasteiger partial charge in [-0.05, 0) is 68.2 Å². The topological polar surface area (TPSA) is 83.6 Å². The van der Waals surface area contributed by atoms with Gasteiger partial charge >= 0.3 is 0 Å². The Kier molecular flexibility index (Phi) is 4.56. The number of rotatable bonds is 3. The van der Waals surface area contributed by atoms with E-state index < -0.39 is 0 Å². The first kappa shape index (κ1) is 18.7. The lowest BCUT2D eigenvalue weighted by Crippen LogP contribution is -2.31. The molecule has 4 aromatic rings. The van der Waals surface area contributed by atoms with Crippen molar-refractivity contribution in [1.29, 1.82) is 0 Å². The van der Waals surface area contributed by atoms with Crippen LogP contribution in [0.4, 0.5) is 0 Å². The highest BCUT2D eigenvalue weighted by Crippen LogP contribution is 2.35. The number of H-pyrrole nitrogens is 1. The molecule has 156 valence electrons. The van der Waals surface area contributed by atoms with E-state index in [1.807, 2.05) is 12.3 Å². The molecule has 3 aromatic heterocycles. The maximum Gasteiger partial charge on any atom is 0.280 e. The third-order valence-electron chi connectivity index (χ3n) is 6.43. The van der Waals surface area contributed by atoms with Gasteiger partial charge in [0.2, 0.25) is 0 Å². The molecule has 0 saturated heterocycles. The summed E-state index contributed by atoms with van der Waals surface area (Å²) in [7, 11) is 0. The highest BCUT2D eigenvalue weighted by Gasteiger charge is 2.25. The summed E-state index contributed by atoms with van der Waals surface area (Å²) in [6, 6.07) is 8.54. The van der Waals surface area contributed by atoms with Gasteiger partial charge in [0.15, 0.2) is 5.01 Å². The predicted octanol–water partition coefficient (Wildman–Crippen LogP) is 4.77. The largest absolute Gasteiger partial charge is 0.346 e. The van der Waals surface area contributed by atoms with Crippen molar-refractivity contribution in [2.45, 2.75) is 51.0 Å². The van der Waals surface area contributed by atoms with Gasteiger partial charge in [-0.1, -0.05) is 12.1 Å². The molecule has 0 aliphatic heterocycles. The summed E-state index contributed by atoms with van der Waals surface area (Å²) in [6.07, 6.45) is 11.0. The van der Waals surface area contributed by atoms with Crippen LogP contribution in [0.15, 0.2) is 36.8 Å². The molecule has 6 nitrogen and oxygen atoms in total. The fraction of sp³-hybridized carbons (Fsp3) is 0.333. The highest BCUT2D eigenvalue weighted by atomic mass is 32.1. The lowest BCUT2D eigenvalue weighted by Gasteiger charge is -2.26. The van der Waals surface area contributed by atoms with Crippen LogP contribution in [0.5, 0.6) is 0 Å². The van der Waals surface area contributed by atoms with Gasteiger partial charge in [0.1, 0.15) is 12.0 Å². The Labute approximate surface area is 184 Å². The van der Waals surface area contributed by atoms with E-state index >= 15 is 0 Å². The minimum absolute atomic E-state index is 0.0314. The third kappa shape index (κ3) is 3.33. The van der Waals surface area contributed by atoms with Crippen LogP contribution < -0.4 is 5.32 Å². The minimum atomic E-state index is -0.0360. The summed E-state index contributed by atoms with van der Waals surface area (Å²) in [5.74, 6) is -0.0360. The Bertz CT molecular complexity index is 1270. The van der Waals surface area contributed by atoms with E-state index in [0.29, 0.717) is 5.01 Å². The first-order valence-corrected chi connectivity index (χ1v) is 11.8. The first-order valence-electron chi connectivity index (χ1n) is 11.0. The van der Waals surface area contributed by atoms with Crippen molar-refractivity contribution in [3.8, 4) is 11.3 Å². The maximum atomic E-state index is 13.0. The molecule has 0 radical (unpaired) electrons. The molecule has 6 rings (SSSR count). The number of benzene rings is 1. The molecule has 0 saturated carbocycles. The average molecular weight is 430 g/mol. The zero-order valence-corrected chi connectivity index (χ0v) is 18.0. The molecule has 31 heavy (non-hydrogen) atoms. The molecule has 0 fully saturated rings. The predicted molar refractivity (Wildman–Crippen MR) is 121 cm³/mol. The van der Waals surface area contributed by atoms with Crippen LogP contribution in [0.25, 0.3) is 22.3 Å². The molecular formula is C24H23N5OS. The zero-order valence-electron chi connectivity index (χ0n) is 17.1. The third-order valence-corrected chi connectivity index (χ3v) is 7.59. The van der Waals surface area contributed by atoms with Crippen molar-refractivity contribution in [3.05, 3.63) is 63.5 Å². The number of carbonyl (C=O) groups excluding carboxylic acids is 1.